The van der Waals surface area contributed by atoms with Crippen LogP contribution in [0.25, 0.3) is 11.1 Å². The molecule has 0 aliphatic rings. The molecular weight excluding hydrogens is 248 g/mol. The molecule has 0 saturated heterocycles. The number of aliphatic hydroxyl groups is 1. The number of ether oxygens (including phenoxy) is 1. The van der Waals surface area contributed by atoms with E-state index in [9.17, 15) is 4.79 Å². The van der Waals surface area contributed by atoms with Crippen LogP contribution in [0.15, 0.2) is 10.6 Å². The van der Waals surface area contributed by atoms with E-state index in [-0.39, 0.29) is 18.9 Å². The molecule has 1 N–H and O–H groups in total. The molecule has 6 heteroatoms. The summed E-state index contributed by atoms with van der Waals surface area (Å²) in [4.78, 5) is 16.1. The summed E-state index contributed by atoms with van der Waals surface area (Å²) < 4.78 is 10.0. The van der Waals surface area contributed by atoms with Gasteiger partial charge in [0.2, 0.25) is 0 Å². The van der Waals surface area contributed by atoms with E-state index in [0.29, 0.717) is 18.6 Å². The van der Waals surface area contributed by atoms with Crippen molar-refractivity contribution >= 4 is 17.1 Å². The molecule has 0 spiro atoms. The molecule has 2 heterocycles. The Labute approximate surface area is 110 Å². The van der Waals surface area contributed by atoms with Gasteiger partial charge in [-0.25, -0.2) is 9.78 Å². The quantitative estimate of drug-likeness (QED) is 0.826. The van der Waals surface area contributed by atoms with Crippen molar-refractivity contribution in [2.75, 3.05) is 13.2 Å². The summed E-state index contributed by atoms with van der Waals surface area (Å²) >= 11 is 0. The highest BCUT2D eigenvalue weighted by Gasteiger charge is 2.18. The number of pyridine rings is 1. The molecule has 0 aliphatic heterocycles. The summed E-state index contributed by atoms with van der Waals surface area (Å²) in [6, 6.07) is 1.83. The van der Waals surface area contributed by atoms with E-state index in [0.717, 1.165) is 16.6 Å². The van der Waals surface area contributed by atoms with E-state index in [1.54, 1.807) is 6.92 Å². The molecule has 0 bridgehead atoms. The number of nitrogens with zero attached hydrogens (tertiary/aromatic N) is 2. The minimum absolute atomic E-state index is 0.0585. The lowest BCUT2D eigenvalue weighted by atomic mass is 10.1. The first-order chi connectivity index (χ1) is 9.17. The summed E-state index contributed by atoms with van der Waals surface area (Å²) in [6.45, 7) is 3.89. The van der Waals surface area contributed by atoms with Gasteiger partial charge in [0.15, 0.2) is 5.69 Å². The fourth-order valence-electron chi connectivity index (χ4n) is 1.86. The van der Waals surface area contributed by atoms with Gasteiger partial charge in [0.1, 0.15) is 0 Å². The third-order valence-electron chi connectivity index (χ3n) is 2.80. The average molecular weight is 264 g/mol. The van der Waals surface area contributed by atoms with Gasteiger partial charge in [-0.05, 0) is 38.3 Å². The topological polar surface area (TPSA) is 85.5 Å². The lowest BCUT2D eigenvalue weighted by Gasteiger charge is -2.07. The summed E-state index contributed by atoms with van der Waals surface area (Å²) in [7, 11) is 0. The van der Waals surface area contributed by atoms with Gasteiger partial charge < -0.3 is 14.4 Å². The van der Waals surface area contributed by atoms with Crippen LogP contribution in [0.3, 0.4) is 0 Å². The number of fused-ring (bicyclic) bond motifs is 1. The third-order valence-corrected chi connectivity index (χ3v) is 2.80. The molecule has 0 unspecified atom stereocenters. The van der Waals surface area contributed by atoms with E-state index < -0.39 is 5.97 Å². The Hall–Kier alpha value is -1.95. The summed E-state index contributed by atoms with van der Waals surface area (Å²) in [5.41, 5.74) is 2.03. The maximum absolute atomic E-state index is 11.9. The minimum atomic E-state index is -0.480. The lowest BCUT2D eigenvalue weighted by Crippen LogP contribution is -2.11. The van der Waals surface area contributed by atoms with Crippen LogP contribution >= 0.6 is 0 Å². The first kappa shape index (κ1) is 13.5. The third kappa shape index (κ3) is 2.73. The summed E-state index contributed by atoms with van der Waals surface area (Å²) in [5.74, 6) is -0.480. The Morgan fingerprint density at radius 3 is 3.00 bits per heavy atom. The van der Waals surface area contributed by atoms with Crippen molar-refractivity contribution in [2.45, 2.75) is 26.7 Å². The van der Waals surface area contributed by atoms with Crippen molar-refractivity contribution in [1.29, 1.82) is 0 Å². The zero-order chi connectivity index (χ0) is 13.8. The molecule has 102 valence electrons. The van der Waals surface area contributed by atoms with Crippen molar-refractivity contribution in [1.82, 2.24) is 10.1 Å². The minimum Gasteiger partial charge on any atom is -0.461 e. The molecule has 2 aromatic rings. The molecule has 0 fully saturated rings. The number of aliphatic hydroxyl groups excluding tert-OH is 1. The van der Waals surface area contributed by atoms with Crippen molar-refractivity contribution in [3.05, 3.63) is 23.0 Å². The number of esters is 1. The van der Waals surface area contributed by atoms with Gasteiger partial charge in [0, 0.05) is 6.61 Å². The highest BCUT2D eigenvalue weighted by atomic mass is 16.5. The highest BCUT2D eigenvalue weighted by molar-refractivity contribution is 5.92. The summed E-state index contributed by atoms with van der Waals surface area (Å²) in [6.07, 6.45) is 1.11. The van der Waals surface area contributed by atoms with Crippen LogP contribution in [0.4, 0.5) is 0 Å². The van der Waals surface area contributed by atoms with Crippen LogP contribution in [0, 0.1) is 6.92 Å². The molecule has 0 atom stereocenters. The molecule has 2 rings (SSSR count). The number of aryl methyl sites for hydroxylation is 2. The number of carbonyl (C=O) groups excluding carboxylic acids is 1. The average Bonchev–Trinajstić information content (AvgIpc) is 2.77. The van der Waals surface area contributed by atoms with E-state index >= 15 is 0 Å². The van der Waals surface area contributed by atoms with Gasteiger partial charge in [-0.2, -0.15) is 0 Å². The Bertz CT molecular complexity index is 592. The Morgan fingerprint density at radius 2 is 2.32 bits per heavy atom. The summed E-state index contributed by atoms with van der Waals surface area (Å²) in [5, 5.41) is 13.5. The van der Waals surface area contributed by atoms with Crippen LogP contribution in [-0.2, 0) is 11.2 Å². The molecule has 0 aromatic carbocycles. The molecule has 2 aromatic heterocycles. The molecule has 0 radical (unpaired) electrons. The molecule has 0 saturated carbocycles. The molecule has 6 nitrogen and oxygen atoms in total. The predicted octanol–water partition coefficient (Wildman–Crippen LogP) is 1.63. The van der Waals surface area contributed by atoms with Crippen LogP contribution in [0.1, 0.15) is 35.1 Å². The maximum atomic E-state index is 11.9. The maximum Gasteiger partial charge on any atom is 0.357 e. The fourth-order valence-corrected chi connectivity index (χ4v) is 1.86. The fraction of sp³-hybridized carbons (Fsp3) is 0.462. The van der Waals surface area contributed by atoms with Crippen molar-refractivity contribution in [3.8, 4) is 0 Å². The SMILES string of the molecule is CCOC(=O)c1nc2onc(C)c2cc1CCCO. The second kappa shape index (κ2) is 5.79. The molecule has 0 amide bonds. The normalized spacial score (nSPS) is 10.9. The van der Waals surface area contributed by atoms with Crippen LogP contribution < -0.4 is 0 Å². The standard InChI is InChI=1S/C13H16N2O4/c1-3-18-13(17)11-9(5-4-6-16)7-10-8(2)15-19-12(10)14-11/h7,16H,3-6H2,1-2H3. The Morgan fingerprint density at radius 1 is 1.53 bits per heavy atom. The lowest BCUT2D eigenvalue weighted by molar-refractivity contribution is 0.0518. The van der Waals surface area contributed by atoms with E-state index in [2.05, 4.69) is 10.1 Å². The Balaban J connectivity index is 2.48. The highest BCUT2D eigenvalue weighted by Crippen LogP contribution is 2.21. The monoisotopic (exact) mass is 264 g/mol. The van der Waals surface area contributed by atoms with Gasteiger partial charge in [-0.15, -0.1) is 0 Å². The molecule has 19 heavy (non-hydrogen) atoms. The van der Waals surface area contributed by atoms with Gasteiger partial charge in [-0.1, -0.05) is 5.16 Å². The predicted molar refractivity (Wildman–Crippen MR) is 67.9 cm³/mol. The molecular formula is C13H16N2O4. The molecule has 0 aliphatic carbocycles. The first-order valence-electron chi connectivity index (χ1n) is 6.21. The number of hydrogen-bond acceptors (Lipinski definition) is 6. The van der Waals surface area contributed by atoms with Gasteiger partial charge in [0.25, 0.3) is 5.71 Å². The van der Waals surface area contributed by atoms with Crippen molar-refractivity contribution < 1.29 is 19.2 Å². The largest absolute Gasteiger partial charge is 0.461 e. The number of carbonyl (C=O) groups is 1. The number of hydrogen-bond donors (Lipinski definition) is 1. The zero-order valence-electron chi connectivity index (χ0n) is 11.0. The Kier molecular flexibility index (Phi) is 4.11. The van der Waals surface area contributed by atoms with E-state index in [4.69, 9.17) is 14.4 Å². The second-order valence-electron chi connectivity index (χ2n) is 4.16. The zero-order valence-corrected chi connectivity index (χ0v) is 11.0. The van der Waals surface area contributed by atoms with Crippen molar-refractivity contribution in [3.63, 3.8) is 0 Å². The van der Waals surface area contributed by atoms with Gasteiger partial charge in [-0.3, -0.25) is 0 Å². The van der Waals surface area contributed by atoms with Gasteiger partial charge >= 0.3 is 5.97 Å². The number of rotatable bonds is 5. The second-order valence-corrected chi connectivity index (χ2v) is 4.16. The smallest absolute Gasteiger partial charge is 0.357 e. The van der Waals surface area contributed by atoms with Crippen molar-refractivity contribution in [2.24, 2.45) is 0 Å². The van der Waals surface area contributed by atoms with E-state index in [1.807, 2.05) is 13.0 Å². The number of aromatic nitrogens is 2. The van der Waals surface area contributed by atoms with Crippen LogP contribution in [-0.4, -0.2) is 34.4 Å². The van der Waals surface area contributed by atoms with E-state index in [1.165, 1.54) is 0 Å². The van der Waals surface area contributed by atoms with Crippen LogP contribution in [0.5, 0.6) is 0 Å². The first-order valence-corrected chi connectivity index (χ1v) is 6.21. The van der Waals surface area contributed by atoms with Crippen LogP contribution in [0.2, 0.25) is 0 Å². The van der Waals surface area contributed by atoms with Gasteiger partial charge in [0.05, 0.1) is 17.7 Å².